The summed E-state index contributed by atoms with van der Waals surface area (Å²) in [7, 11) is 1.47. The van der Waals surface area contributed by atoms with E-state index < -0.39 is 24.2 Å². The van der Waals surface area contributed by atoms with Crippen LogP contribution in [-0.2, 0) is 16.0 Å². The molecule has 0 saturated carbocycles. The van der Waals surface area contributed by atoms with Crippen LogP contribution in [0.3, 0.4) is 0 Å². The third-order valence-electron chi connectivity index (χ3n) is 9.28. The maximum absolute atomic E-state index is 14.1. The number of nitrogens with zero attached hydrogens (tertiary/aromatic N) is 1. The van der Waals surface area contributed by atoms with Crippen LogP contribution in [0.1, 0.15) is 93.6 Å². The van der Waals surface area contributed by atoms with Gasteiger partial charge in [0, 0.05) is 54.7 Å². The lowest BCUT2D eigenvalue weighted by molar-refractivity contribution is -0.138. The summed E-state index contributed by atoms with van der Waals surface area (Å²) in [6, 6.07) is 12.5. The predicted molar refractivity (Wildman–Crippen MR) is 204 cm³/mol. The highest BCUT2D eigenvalue weighted by atomic mass is 127. The SMILES string of the molecule is CCCCCCCCCCCC(=O)N(CCc1cc2ccccc2[nH]1)[C@@H]1CC(C(=O)NCCO)=C[C@H](Oc2c(I)cc(C=O)cc2OC)[C@H]1O. The van der Waals surface area contributed by atoms with Crippen LogP contribution in [0.2, 0.25) is 0 Å². The number of aliphatic hydroxyl groups is 2. The van der Waals surface area contributed by atoms with E-state index in [-0.39, 0.29) is 25.5 Å². The van der Waals surface area contributed by atoms with E-state index in [1.54, 1.807) is 23.1 Å². The molecule has 2 amide bonds. The maximum atomic E-state index is 14.1. The quantitative estimate of drug-likeness (QED) is 0.0548. The first-order chi connectivity index (χ1) is 24.3. The highest BCUT2D eigenvalue weighted by Crippen LogP contribution is 2.37. The number of aromatic nitrogens is 1. The van der Waals surface area contributed by atoms with Crippen molar-refractivity contribution in [1.29, 1.82) is 0 Å². The summed E-state index contributed by atoms with van der Waals surface area (Å²) < 4.78 is 12.5. The van der Waals surface area contributed by atoms with Gasteiger partial charge in [-0.2, -0.15) is 0 Å². The van der Waals surface area contributed by atoms with Gasteiger partial charge in [-0.1, -0.05) is 76.5 Å². The van der Waals surface area contributed by atoms with Crippen molar-refractivity contribution in [2.45, 2.75) is 102 Å². The van der Waals surface area contributed by atoms with Gasteiger partial charge in [-0.3, -0.25) is 14.4 Å². The van der Waals surface area contributed by atoms with Crippen LogP contribution in [-0.4, -0.2) is 83.3 Å². The van der Waals surface area contributed by atoms with Gasteiger partial charge in [0.05, 0.1) is 23.3 Å². The monoisotopic (exact) mass is 801 g/mol. The van der Waals surface area contributed by atoms with E-state index in [1.165, 1.54) is 39.2 Å². The molecule has 50 heavy (non-hydrogen) atoms. The summed E-state index contributed by atoms with van der Waals surface area (Å²) in [6.45, 7) is 2.39. The van der Waals surface area contributed by atoms with Crippen LogP contribution in [0, 0.1) is 3.57 Å². The molecule has 10 nitrogen and oxygen atoms in total. The number of para-hydroxylation sites is 1. The number of halogens is 1. The molecule has 1 aliphatic rings. The predicted octanol–water partition coefficient (Wildman–Crippen LogP) is 6.50. The number of unbranched alkanes of at least 4 members (excludes halogenated alkanes) is 8. The van der Waals surface area contributed by atoms with Gasteiger partial charge in [-0.25, -0.2) is 0 Å². The van der Waals surface area contributed by atoms with Crippen molar-refractivity contribution in [1.82, 2.24) is 15.2 Å². The number of aromatic amines is 1. The third-order valence-corrected chi connectivity index (χ3v) is 10.1. The Morgan fingerprint density at radius 3 is 2.46 bits per heavy atom. The highest BCUT2D eigenvalue weighted by Gasteiger charge is 2.40. The van der Waals surface area contributed by atoms with Crippen LogP contribution in [0.15, 0.2) is 54.1 Å². The Hall–Kier alpha value is -3.42. The average Bonchev–Trinajstić information content (AvgIpc) is 3.54. The first-order valence-corrected chi connectivity index (χ1v) is 19.0. The number of methoxy groups -OCH3 is 1. The summed E-state index contributed by atoms with van der Waals surface area (Å²) in [6.07, 6.45) is 11.3. The molecule has 0 unspecified atom stereocenters. The molecule has 3 atom stereocenters. The van der Waals surface area contributed by atoms with Crippen LogP contribution in [0.5, 0.6) is 11.5 Å². The van der Waals surface area contributed by atoms with Crippen molar-refractivity contribution < 1.29 is 34.1 Å². The summed E-state index contributed by atoms with van der Waals surface area (Å²) in [5.74, 6) is 0.154. The lowest BCUT2D eigenvalue weighted by Gasteiger charge is -2.40. The number of hydrogen-bond donors (Lipinski definition) is 4. The summed E-state index contributed by atoms with van der Waals surface area (Å²) in [4.78, 5) is 44.1. The lowest BCUT2D eigenvalue weighted by atomic mass is 9.87. The summed E-state index contributed by atoms with van der Waals surface area (Å²) >= 11 is 2.04. The van der Waals surface area contributed by atoms with Crippen molar-refractivity contribution in [3.63, 3.8) is 0 Å². The Morgan fingerprint density at radius 1 is 1.06 bits per heavy atom. The zero-order valence-electron chi connectivity index (χ0n) is 29.3. The van der Waals surface area contributed by atoms with Crippen LogP contribution < -0.4 is 14.8 Å². The van der Waals surface area contributed by atoms with E-state index >= 15 is 0 Å². The van der Waals surface area contributed by atoms with Gasteiger partial charge >= 0.3 is 0 Å². The number of hydrogen-bond acceptors (Lipinski definition) is 7. The molecule has 0 spiro atoms. The number of amides is 2. The standard InChI is InChI=1S/C39H52IN3O7/c1-3-4-5-6-7-8-9-10-11-16-36(46)43(19-17-30-23-28-14-12-13-15-32(28)42-30)33-24-29(39(48)41-18-20-44)25-34(37(33)47)50-38-31(40)21-27(26-45)22-35(38)49-2/h12-15,21-23,25-26,33-34,37,42,44,47H,3-11,16-20,24H2,1-2H3,(H,41,48)/t33-,34+,37+/m1/s1. The first-order valence-electron chi connectivity index (χ1n) is 17.9. The molecule has 0 aliphatic heterocycles. The molecular weight excluding hydrogens is 749 g/mol. The van der Waals surface area contributed by atoms with Crippen LogP contribution in [0.4, 0.5) is 0 Å². The lowest BCUT2D eigenvalue weighted by Crippen LogP contribution is -2.55. The smallest absolute Gasteiger partial charge is 0.247 e. The Morgan fingerprint density at radius 2 is 1.78 bits per heavy atom. The number of H-pyrrole nitrogens is 1. The number of fused-ring (bicyclic) bond motifs is 1. The average molecular weight is 802 g/mol. The van der Waals surface area contributed by atoms with Crippen molar-refractivity contribution in [3.8, 4) is 11.5 Å². The van der Waals surface area contributed by atoms with Gasteiger partial charge in [-0.05, 0) is 64.7 Å². The Balaban J connectivity index is 1.58. The van der Waals surface area contributed by atoms with Crippen molar-refractivity contribution in [2.75, 3.05) is 26.8 Å². The maximum Gasteiger partial charge on any atom is 0.247 e. The number of carbonyl (C=O) groups is 3. The molecule has 4 rings (SSSR count). The van der Waals surface area contributed by atoms with Crippen LogP contribution >= 0.6 is 22.6 Å². The number of aliphatic hydroxyl groups excluding tert-OH is 2. The van der Waals surface area contributed by atoms with E-state index in [2.05, 4.69) is 23.3 Å². The second-order valence-corrected chi connectivity index (χ2v) is 14.1. The number of benzene rings is 2. The summed E-state index contributed by atoms with van der Waals surface area (Å²) in [5.41, 5.74) is 2.74. The molecule has 11 heteroatoms. The number of carbonyl (C=O) groups excluding carboxylic acids is 3. The van der Waals surface area contributed by atoms with Gasteiger partial charge in [0.15, 0.2) is 11.5 Å². The Kier molecular flexibility index (Phi) is 16.1. The molecule has 0 bridgehead atoms. The van der Waals surface area contributed by atoms with Crippen molar-refractivity contribution in [2.24, 2.45) is 0 Å². The largest absolute Gasteiger partial charge is 0.493 e. The molecule has 0 radical (unpaired) electrons. The minimum absolute atomic E-state index is 0.0649. The number of nitrogens with one attached hydrogen (secondary N) is 2. The molecule has 4 N–H and O–H groups in total. The minimum atomic E-state index is -1.18. The fourth-order valence-electron chi connectivity index (χ4n) is 6.55. The zero-order chi connectivity index (χ0) is 35.9. The van der Waals surface area contributed by atoms with Gasteiger partial charge in [-0.15, -0.1) is 0 Å². The first kappa shape index (κ1) is 39.4. The van der Waals surface area contributed by atoms with Gasteiger partial charge in [0.2, 0.25) is 11.8 Å². The zero-order valence-corrected chi connectivity index (χ0v) is 31.5. The molecule has 1 heterocycles. The van der Waals surface area contributed by atoms with Crippen molar-refractivity contribution >= 4 is 51.6 Å². The molecule has 3 aromatic rings. The van der Waals surface area contributed by atoms with E-state index in [4.69, 9.17) is 9.47 Å². The highest BCUT2D eigenvalue weighted by molar-refractivity contribution is 14.1. The second-order valence-electron chi connectivity index (χ2n) is 13.0. The molecule has 0 fully saturated rings. The number of rotatable bonds is 21. The molecule has 2 aromatic carbocycles. The third kappa shape index (κ3) is 11.0. The fraction of sp³-hybridized carbons (Fsp3) is 0.513. The summed E-state index contributed by atoms with van der Waals surface area (Å²) in [5, 5.41) is 25.1. The molecule has 272 valence electrons. The van der Waals surface area contributed by atoms with E-state index in [9.17, 15) is 24.6 Å². The van der Waals surface area contributed by atoms with Crippen LogP contribution in [0.25, 0.3) is 10.9 Å². The molecule has 1 aromatic heterocycles. The fourth-order valence-corrected chi connectivity index (χ4v) is 7.31. The molecule has 0 saturated heterocycles. The topological polar surface area (TPSA) is 141 Å². The molecular formula is C39H52IN3O7. The van der Waals surface area contributed by atoms with Gasteiger partial charge in [0.25, 0.3) is 0 Å². The Bertz CT molecular complexity index is 1560. The van der Waals surface area contributed by atoms with Crippen molar-refractivity contribution in [3.05, 3.63) is 68.9 Å². The second kappa shape index (κ2) is 20.4. The molecule has 1 aliphatic carbocycles. The normalized spacial score (nSPS) is 17.3. The minimum Gasteiger partial charge on any atom is -0.493 e. The van der Waals surface area contributed by atoms with Gasteiger partial charge < -0.3 is 34.9 Å². The Labute approximate surface area is 309 Å². The number of ether oxygens (including phenoxy) is 2. The van der Waals surface area contributed by atoms with E-state index in [0.29, 0.717) is 51.9 Å². The van der Waals surface area contributed by atoms with Gasteiger partial charge in [0.1, 0.15) is 18.5 Å². The van der Waals surface area contributed by atoms with E-state index in [0.717, 1.165) is 42.3 Å². The number of aldehydes is 1. The van der Waals surface area contributed by atoms with E-state index in [1.807, 2.05) is 46.9 Å².